The lowest BCUT2D eigenvalue weighted by molar-refractivity contribution is -0.112. The molecule has 1 atom stereocenters. The normalized spacial score (nSPS) is 14.5. The summed E-state index contributed by atoms with van der Waals surface area (Å²) in [6, 6.07) is 17.8. The van der Waals surface area contributed by atoms with Gasteiger partial charge in [0.15, 0.2) is 0 Å². The first-order valence-electron chi connectivity index (χ1n) is 12.8. The standard InChI is InChI=1S/C30H31F4N5O/c1-18(30(32,33)34)13-27(38-24-4-2-3-20(14-24)16-35)29(40)39-26-15-22(9-12-25(26)31)28(37-17-19-5-6-19)21-7-10-23(36)11-8-21/h2-4,7-15,19,28,37-38H,1,5-6,16-17,35-36H2,(H,39,40)/b27-13-. The predicted molar refractivity (Wildman–Crippen MR) is 150 cm³/mol. The van der Waals surface area contributed by atoms with Crippen molar-refractivity contribution in [3.05, 3.63) is 113 Å². The molecule has 40 heavy (non-hydrogen) atoms. The molecule has 0 heterocycles. The molecule has 3 aromatic carbocycles. The van der Waals surface area contributed by atoms with Gasteiger partial charge in [0.05, 0.1) is 17.3 Å². The van der Waals surface area contributed by atoms with Crippen LogP contribution in [0.25, 0.3) is 0 Å². The van der Waals surface area contributed by atoms with Crippen LogP contribution in [0.4, 0.5) is 34.6 Å². The number of nitrogen functional groups attached to an aromatic ring is 1. The van der Waals surface area contributed by atoms with Crippen molar-refractivity contribution in [2.45, 2.75) is 31.6 Å². The third kappa shape index (κ3) is 7.71. The fraction of sp³-hybridized carbons (Fsp3) is 0.233. The Morgan fingerprint density at radius 3 is 2.38 bits per heavy atom. The quantitative estimate of drug-likeness (QED) is 0.0866. The van der Waals surface area contributed by atoms with Gasteiger partial charge in [-0.25, -0.2) is 4.39 Å². The highest BCUT2D eigenvalue weighted by Gasteiger charge is 2.31. The van der Waals surface area contributed by atoms with E-state index in [-0.39, 0.29) is 18.3 Å². The molecule has 1 fully saturated rings. The molecule has 3 aromatic rings. The van der Waals surface area contributed by atoms with Crippen LogP contribution >= 0.6 is 0 Å². The third-order valence-electron chi connectivity index (χ3n) is 6.52. The highest BCUT2D eigenvalue weighted by molar-refractivity contribution is 6.06. The summed E-state index contributed by atoms with van der Waals surface area (Å²) < 4.78 is 54.8. The lowest BCUT2D eigenvalue weighted by atomic mass is 9.97. The van der Waals surface area contributed by atoms with Crippen LogP contribution < -0.4 is 27.4 Å². The average molecular weight is 554 g/mol. The minimum atomic E-state index is -4.77. The molecule has 1 unspecified atom stereocenters. The number of nitrogens with two attached hydrogens (primary N) is 2. The molecule has 210 valence electrons. The molecule has 0 radical (unpaired) electrons. The van der Waals surface area contributed by atoms with Crippen LogP contribution in [0.1, 0.15) is 35.6 Å². The number of allylic oxidation sites excluding steroid dienone is 2. The monoisotopic (exact) mass is 553 g/mol. The second-order valence-electron chi connectivity index (χ2n) is 9.76. The van der Waals surface area contributed by atoms with E-state index in [2.05, 4.69) is 22.5 Å². The van der Waals surface area contributed by atoms with E-state index >= 15 is 0 Å². The zero-order valence-corrected chi connectivity index (χ0v) is 21.7. The Bertz CT molecular complexity index is 1400. The topological polar surface area (TPSA) is 105 Å². The molecular formula is C30H31F4N5O. The lowest BCUT2D eigenvalue weighted by Gasteiger charge is -2.21. The van der Waals surface area contributed by atoms with Gasteiger partial charge in [-0.05, 0) is 84.5 Å². The number of nitrogens with one attached hydrogen (secondary N) is 3. The number of amides is 1. The maximum Gasteiger partial charge on any atom is 0.415 e. The largest absolute Gasteiger partial charge is 0.415 e. The van der Waals surface area contributed by atoms with Crippen molar-refractivity contribution in [2.75, 3.05) is 22.9 Å². The smallest absolute Gasteiger partial charge is 0.399 e. The molecule has 7 N–H and O–H groups in total. The summed E-state index contributed by atoms with van der Waals surface area (Å²) >= 11 is 0. The molecular weight excluding hydrogens is 522 g/mol. The summed E-state index contributed by atoms with van der Waals surface area (Å²) in [5.74, 6) is -1.15. The van der Waals surface area contributed by atoms with E-state index < -0.39 is 29.2 Å². The Morgan fingerprint density at radius 2 is 1.73 bits per heavy atom. The van der Waals surface area contributed by atoms with Crippen molar-refractivity contribution in [2.24, 2.45) is 11.7 Å². The number of carbonyl (C=O) groups excluding carboxylic acids is 1. The average Bonchev–Trinajstić information content (AvgIpc) is 3.75. The van der Waals surface area contributed by atoms with Gasteiger partial charge in [0, 0.05) is 17.9 Å². The number of rotatable bonds is 11. The Hall–Kier alpha value is -4.15. The van der Waals surface area contributed by atoms with Gasteiger partial charge in [-0.2, -0.15) is 13.2 Å². The highest BCUT2D eigenvalue weighted by atomic mass is 19.4. The van der Waals surface area contributed by atoms with E-state index in [9.17, 15) is 22.4 Å². The van der Waals surface area contributed by atoms with Gasteiger partial charge < -0.3 is 27.4 Å². The molecule has 1 aliphatic rings. The molecule has 1 saturated carbocycles. The molecule has 0 saturated heterocycles. The minimum absolute atomic E-state index is 0.183. The van der Waals surface area contributed by atoms with Crippen LogP contribution in [0.3, 0.4) is 0 Å². The van der Waals surface area contributed by atoms with Crippen molar-refractivity contribution < 1.29 is 22.4 Å². The van der Waals surface area contributed by atoms with Crippen LogP contribution in [0.15, 0.2) is 90.7 Å². The molecule has 0 aromatic heterocycles. The Balaban J connectivity index is 1.63. The first-order chi connectivity index (χ1) is 19.0. The Kier molecular flexibility index (Phi) is 8.91. The Morgan fingerprint density at radius 1 is 1.02 bits per heavy atom. The zero-order chi connectivity index (χ0) is 28.9. The minimum Gasteiger partial charge on any atom is -0.399 e. The fourth-order valence-corrected chi connectivity index (χ4v) is 4.08. The third-order valence-corrected chi connectivity index (χ3v) is 6.52. The Labute approximate surface area is 230 Å². The molecule has 0 aliphatic heterocycles. The van der Waals surface area contributed by atoms with Gasteiger partial charge >= 0.3 is 6.18 Å². The van der Waals surface area contributed by atoms with Gasteiger partial charge in [-0.15, -0.1) is 0 Å². The van der Waals surface area contributed by atoms with E-state index in [0.717, 1.165) is 24.9 Å². The SMILES string of the molecule is C=C(/C=C(\Nc1cccc(CN)c1)C(=O)Nc1cc(C(NCC2CC2)c2ccc(N)cc2)ccc1F)C(F)(F)F. The van der Waals surface area contributed by atoms with E-state index in [0.29, 0.717) is 34.5 Å². The number of hydrogen-bond acceptors (Lipinski definition) is 5. The summed E-state index contributed by atoms with van der Waals surface area (Å²) in [6.07, 6.45) is -1.92. The predicted octanol–water partition coefficient (Wildman–Crippen LogP) is 6.01. The van der Waals surface area contributed by atoms with Crippen LogP contribution in [0.2, 0.25) is 0 Å². The van der Waals surface area contributed by atoms with Gasteiger partial charge in [0.25, 0.3) is 5.91 Å². The van der Waals surface area contributed by atoms with Crippen LogP contribution in [-0.2, 0) is 11.3 Å². The van der Waals surface area contributed by atoms with Crippen molar-refractivity contribution >= 4 is 23.0 Å². The van der Waals surface area contributed by atoms with E-state index in [1.54, 1.807) is 42.5 Å². The number of hydrogen-bond donors (Lipinski definition) is 5. The van der Waals surface area contributed by atoms with Crippen molar-refractivity contribution in [1.82, 2.24) is 5.32 Å². The number of alkyl halides is 3. The van der Waals surface area contributed by atoms with Gasteiger partial charge in [-0.1, -0.05) is 36.9 Å². The van der Waals surface area contributed by atoms with Gasteiger partial charge in [-0.3, -0.25) is 4.79 Å². The maximum absolute atomic E-state index is 14.9. The summed E-state index contributed by atoms with van der Waals surface area (Å²) in [7, 11) is 0. The lowest BCUT2D eigenvalue weighted by Crippen LogP contribution is -2.25. The number of halogens is 4. The first-order valence-corrected chi connectivity index (χ1v) is 12.8. The van der Waals surface area contributed by atoms with Crippen LogP contribution in [0, 0.1) is 11.7 Å². The van der Waals surface area contributed by atoms with Crippen molar-refractivity contribution in [3.8, 4) is 0 Å². The van der Waals surface area contributed by atoms with Crippen molar-refractivity contribution in [3.63, 3.8) is 0 Å². The highest BCUT2D eigenvalue weighted by Crippen LogP contribution is 2.32. The molecule has 4 rings (SSSR count). The fourth-order valence-electron chi connectivity index (χ4n) is 4.08. The summed E-state index contributed by atoms with van der Waals surface area (Å²) in [5.41, 5.74) is 12.8. The van der Waals surface area contributed by atoms with Crippen LogP contribution in [-0.4, -0.2) is 18.6 Å². The van der Waals surface area contributed by atoms with E-state index in [1.807, 2.05) is 12.1 Å². The van der Waals surface area contributed by atoms with Crippen molar-refractivity contribution in [1.29, 1.82) is 0 Å². The van der Waals surface area contributed by atoms with E-state index in [4.69, 9.17) is 11.5 Å². The second kappa shape index (κ2) is 12.4. The number of carbonyl (C=O) groups is 1. The molecule has 6 nitrogen and oxygen atoms in total. The molecule has 1 aliphatic carbocycles. The molecule has 1 amide bonds. The zero-order valence-electron chi connectivity index (χ0n) is 21.7. The first kappa shape index (κ1) is 28.8. The van der Waals surface area contributed by atoms with Crippen LogP contribution in [0.5, 0.6) is 0 Å². The van der Waals surface area contributed by atoms with Gasteiger partial charge in [0.2, 0.25) is 0 Å². The summed E-state index contributed by atoms with van der Waals surface area (Å²) in [5, 5.41) is 8.61. The molecule has 0 bridgehead atoms. The number of anilines is 3. The maximum atomic E-state index is 14.9. The molecule has 0 spiro atoms. The second-order valence-corrected chi connectivity index (χ2v) is 9.76. The van der Waals surface area contributed by atoms with Gasteiger partial charge in [0.1, 0.15) is 11.5 Å². The molecule has 10 heteroatoms. The van der Waals surface area contributed by atoms with E-state index in [1.165, 1.54) is 12.1 Å². The summed E-state index contributed by atoms with van der Waals surface area (Å²) in [4.78, 5) is 13.2. The summed E-state index contributed by atoms with van der Waals surface area (Å²) in [6.45, 7) is 3.98. The number of benzene rings is 3.